The summed E-state index contributed by atoms with van der Waals surface area (Å²) in [4.78, 5) is 13.2. The number of ether oxygens (including phenoxy) is 1. The Morgan fingerprint density at radius 3 is 2.88 bits per heavy atom. The molecule has 1 atom stereocenters. The Hall–Kier alpha value is -1.77. The molecule has 1 amide bonds. The second-order valence-corrected chi connectivity index (χ2v) is 4.14. The molecule has 1 fully saturated rings. The predicted molar refractivity (Wildman–Crippen MR) is 64.4 cm³/mol. The molecule has 3 heteroatoms. The number of anilines is 1. The van der Waals surface area contributed by atoms with E-state index in [4.69, 9.17) is 4.74 Å². The lowest BCUT2D eigenvalue weighted by Gasteiger charge is -2.13. The molecular formula is C13H15NO2. The zero-order valence-electron chi connectivity index (χ0n) is 9.56. The molecule has 1 unspecified atom stereocenters. The lowest BCUT2D eigenvalue weighted by atomic mass is 10.1. The van der Waals surface area contributed by atoms with Crippen molar-refractivity contribution >= 4 is 17.4 Å². The molecule has 84 valence electrons. The van der Waals surface area contributed by atoms with Crippen molar-refractivity contribution in [2.75, 3.05) is 11.4 Å². The molecule has 1 aromatic carbocycles. The Morgan fingerprint density at radius 2 is 2.31 bits per heavy atom. The number of carbonyl (C=O) groups excluding carboxylic acids is 1. The maximum atomic E-state index is 11.5. The van der Waals surface area contributed by atoms with E-state index in [-0.39, 0.29) is 12.2 Å². The maximum absolute atomic E-state index is 11.5. The molecule has 3 nitrogen and oxygen atoms in total. The van der Waals surface area contributed by atoms with Gasteiger partial charge < -0.3 is 4.74 Å². The molecule has 2 rings (SSSR count). The number of hydrogen-bond donors (Lipinski definition) is 0. The number of hydrogen-bond acceptors (Lipinski definition) is 2. The molecular weight excluding hydrogens is 202 g/mol. The fraction of sp³-hybridized carbons (Fsp3) is 0.308. The van der Waals surface area contributed by atoms with Gasteiger partial charge in [-0.25, -0.2) is 4.79 Å². The Kier molecular flexibility index (Phi) is 2.69. The van der Waals surface area contributed by atoms with E-state index in [0.717, 1.165) is 16.8 Å². The number of nitrogens with zero attached hydrogens (tertiary/aromatic N) is 1. The molecule has 0 N–H and O–H groups in total. The van der Waals surface area contributed by atoms with E-state index < -0.39 is 0 Å². The van der Waals surface area contributed by atoms with Crippen LogP contribution in [0.3, 0.4) is 0 Å². The second-order valence-electron chi connectivity index (χ2n) is 4.14. The van der Waals surface area contributed by atoms with E-state index >= 15 is 0 Å². The van der Waals surface area contributed by atoms with Gasteiger partial charge in [0, 0.05) is 5.69 Å². The standard InChI is InChI=1S/C13H15NO2/c1-9(2)11-5-4-6-12(7-11)14-8-10(3)16-13(14)15/h4-7,10H,1,8H2,2-3H3. The van der Waals surface area contributed by atoms with Gasteiger partial charge in [0.2, 0.25) is 0 Å². The molecule has 0 saturated carbocycles. The molecule has 1 aromatic rings. The molecule has 16 heavy (non-hydrogen) atoms. The number of allylic oxidation sites excluding steroid dienone is 1. The van der Waals surface area contributed by atoms with E-state index in [1.807, 2.05) is 38.1 Å². The minimum atomic E-state index is -0.272. The van der Waals surface area contributed by atoms with Crippen molar-refractivity contribution in [2.45, 2.75) is 20.0 Å². The lowest BCUT2D eigenvalue weighted by molar-refractivity contribution is 0.150. The summed E-state index contributed by atoms with van der Waals surface area (Å²) in [6.45, 7) is 8.34. The summed E-state index contributed by atoms with van der Waals surface area (Å²) in [5.74, 6) is 0. The Labute approximate surface area is 95.3 Å². The third kappa shape index (κ3) is 1.94. The van der Waals surface area contributed by atoms with Crippen molar-refractivity contribution in [3.8, 4) is 0 Å². The molecule has 1 heterocycles. The van der Waals surface area contributed by atoms with Crippen LogP contribution in [0.25, 0.3) is 5.57 Å². The first-order chi connectivity index (χ1) is 7.58. The quantitative estimate of drug-likeness (QED) is 0.762. The van der Waals surface area contributed by atoms with E-state index in [2.05, 4.69) is 6.58 Å². The normalized spacial score (nSPS) is 19.8. The van der Waals surface area contributed by atoms with Crippen LogP contribution in [0.5, 0.6) is 0 Å². The third-order valence-electron chi connectivity index (χ3n) is 2.61. The van der Waals surface area contributed by atoms with E-state index in [0.29, 0.717) is 6.54 Å². The SMILES string of the molecule is C=C(C)c1cccc(N2CC(C)OC2=O)c1. The number of cyclic esters (lactones) is 1. The number of carbonyl (C=O) groups is 1. The van der Waals surface area contributed by atoms with Crippen molar-refractivity contribution in [3.05, 3.63) is 36.4 Å². The van der Waals surface area contributed by atoms with Crippen molar-refractivity contribution in [2.24, 2.45) is 0 Å². The van der Waals surface area contributed by atoms with Gasteiger partial charge in [0.05, 0.1) is 6.54 Å². The van der Waals surface area contributed by atoms with Crippen LogP contribution in [0.2, 0.25) is 0 Å². The van der Waals surface area contributed by atoms with Gasteiger partial charge in [0.1, 0.15) is 6.10 Å². The van der Waals surface area contributed by atoms with Crippen LogP contribution in [0, 0.1) is 0 Å². The third-order valence-corrected chi connectivity index (χ3v) is 2.61. The Bertz CT molecular complexity index is 439. The predicted octanol–water partition coefficient (Wildman–Crippen LogP) is 3.06. The van der Waals surface area contributed by atoms with Gasteiger partial charge >= 0.3 is 6.09 Å². The van der Waals surface area contributed by atoms with Crippen LogP contribution in [-0.4, -0.2) is 18.7 Å². The summed E-state index contributed by atoms with van der Waals surface area (Å²) in [6, 6.07) is 7.78. The molecule has 1 aliphatic heterocycles. The maximum Gasteiger partial charge on any atom is 0.414 e. The van der Waals surface area contributed by atoms with Crippen molar-refractivity contribution in [1.82, 2.24) is 0 Å². The summed E-state index contributed by atoms with van der Waals surface area (Å²) in [7, 11) is 0. The van der Waals surface area contributed by atoms with Crippen molar-refractivity contribution in [3.63, 3.8) is 0 Å². The summed E-state index contributed by atoms with van der Waals surface area (Å²) in [5, 5.41) is 0. The molecule has 0 spiro atoms. The highest BCUT2D eigenvalue weighted by Gasteiger charge is 2.29. The van der Waals surface area contributed by atoms with Crippen LogP contribution in [0.4, 0.5) is 10.5 Å². The van der Waals surface area contributed by atoms with Crippen LogP contribution in [-0.2, 0) is 4.74 Å². The number of benzene rings is 1. The number of rotatable bonds is 2. The van der Waals surface area contributed by atoms with Crippen LogP contribution in [0.1, 0.15) is 19.4 Å². The zero-order valence-corrected chi connectivity index (χ0v) is 9.56. The molecule has 0 aromatic heterocycles. The van der Waals surface area contributed by atoms with Gasteiger partial charge in [0.15, 0.2) is 0 Å². The first-order valence-corrected chi connectivity index (χ1v) is 5.32. The average Bonchev–Trinajstić information content (AvgIpc) is 2.58. The summed E-state index contributed by atoms with van der Waals surface area (Å²) >= 11 is 0. The van der Waals surface area contributed by atoms with E-state index in [1.54, 1.807) is 4.90 Å². The molecule has 1 saturated heterocycles. The first-order valence-electron chi connectivity index (χ1n) is 5.32. The van der Waals surface area contributed by atoms with Crippen LogP contribution < -0.4 is 4.90 Å². The number of amides is 1. The van der Waals surface area contributed by atoms with E-state index in [1.165, 1.54) is 0 Å². The van der Waals surface area contributed by atoms with Crippen molar-refractivity contribution in [1.29, 1.82) is 0 Å². The fourth-order valence-electron chi connectivity index (χ4n) is 1.75. The highest BCUT2D eigenvalue weighted by Crippen LogP contribution is 2.24. The minimum absolute atomic E-state index is 0.0408. The van der Waals surface area contributed by atoms with Crippen LogP contribution >= 0.6 is 0 Å². The van der Waals surface area contributed by atoms with Gasteiger partial charge in [0.25, 0.3) is 0 Å². The van der Waals surface area contributed by atoms with Gasteiger partial charge in [-0.15, -0.1) is 0 Å². The summed E-state index contributed by atoms with van der Waals surface area (Å²) in [6.07, 6.45) is -0.313. The highest BCUT2D eigenvalue weighted by atomic mass is 16.6. The first kappa shape index (κ1) is 10.7. The molecule has 1 aliphatic rings. The van der Waals surface area contributed by atoms with E-state index in [9.17, 15) is 4.79 Å². The molecule has 0 radical (unpaired) electrons. The summed E-state index contributed by atoms with van der Waals surface area (Å²) in [5.41, 5.74) is 2.90. The minimum Gasteiger partial charge on any atom is -0.444 e. The second kappa shape index (κ2) is 4.00. The largest absolute Gasteiger partial charge is 0.444 e. The smallest absolute Gasteiger partial charge is 0.414 e. The monoisotopic (exact) mass is 217 g/mol. The van der Waals surface area contributed by atoms with Gasteiger partial charge in [-0.2, -0.15) is 0 Å². The summed E-state index contributed by atoms with van der Waals surface area (Å²) < 4.78 is 5.09. The van der Waals surface area contributed by atoms with Gasteiger partial charge in [-0.1, -0.05) is 24.3 Å². The lowest BCUT2D eigenvalue weighted by Crippen LogP contribution is -2.23. The Balaban J connectivity index is 2.30. The topological polar surface area (TPSA) is 29.5 Å². The zero-order chi connectivity index (χ0) is 11.7. The van der Waals surface area contributed by atoms with Crippen LogP contribution in [0.15, 0.2) is 30.8 Å². The average molecular weight is 217 g/mol. The Morgan fingerprint density at radius 1 is 1.56 bits per heavy atom. The van der Waals surface area contributed by atoms with Gasteiger partial charge in [-0.05, 0) is 31.5 Å². The fourth-order valence-corrected chi connectivity index (χ4v) is 1.75. The molecule has 0 aliphatic carbocycles. The molecule has 0 bridgehead atoms. The van der Waals surface area contributed by atoms with Gasteiger partial charge in [-0.3, -0.25) is 4.90 Å². The highest BCUT2D eigenvalue weighted by molar-refractivity contribution is 5.90. The van der Waals surface area contributed by atoms with Crippen molar-refractivity contribution < 1.29 is 9.53 Å².